The second kappa shape index (κ2) is 16.7. The Kier molecular flexibility index (Phi) is 16.2. The van der Waals surface area contributed by atoms with Gasteiger partial charge in [0.15, 0.2) is 0 Å². The third-order valence-corrected chi connectivity index (χ3v) is 2.71. The minimum absolute atomic E-state index is 0.249. The van der Waals surface area contributed by atoms with Gasteiger partial charge >= 0.3 is 5.97 Å². The van der Waals surface area contributed by atoms with Crippen LogP contribution in [0.3, 0.4) is 0 Å². The van der Waals surface area contributed by atoms with Crippen molar-refractivity contribution in [1.82, 2.24) is 0 Å². The highest BCUT2D eigenvalue weighted by Gasteiger charge is 2.15. The predicted octanol–water partition coefficient (Wildman–Crippen LogP) is 2.21. The number of carbonyl (C=O) groups excluding carboxylic acids is 1. The Labute approximate surface area is 152 Å². The Bertz CT molecular complexity index is 302. The van der Waals surface area contributed by atoms with Gasteiger partial charge < -0.3 is 28.4 Å². The zero-order valence-corrected chi connectivity index (χ0v) is 16.3. The lowest BCUT2D eigenvalue weighted by Gasteiger charge is -2.19. The van der Waals surface area contributed by atoms with E-state index < -0.39 is 5.60 Å². The van der Waals surface area contributed by atoms with E-state index in [4.69, 9.17) is 28.4 Å². The highest BCUT2D eigenvalue weighted by molar-refractivity contribution is 5.69. The van der Waals surface area contributed by atoms with Gasteiger partial charge in [-0.15, -0.1) is 0 Å². The zero-order valence-electron chi connectivity index (χ0n) is 16.3. The molecule has 0 saturated carbocycles. The topological polar surface area (TPSA) is 72.5 Å². The summed E-state index contributed by atoms with van der Waals surface area (Å²) in [7, 11) is 0. The summed E-state index contributed by atoms with van der Waals surface area (Å²) in [6, 6.07) is 0. The zero-order chi connectivity index (χ0) is 18.8. The molecule has 0 radical (unpaired) electrons. The largest absolute Gasteiger partial charge is 0.460 e. The smallest absolute Gasteiger partial charge is 0.308 e. The standard InChI is InChI=1S/C18H36O7/c1-5-7-20-9-11-22-13-15-24-16-14-23-12-10-21-8-6-17(19)25-18(2,3)4/h5-16H2,1-4H3. The molecular formula is C18H36O7. The SMILES string of the molecule is CCCOCCOCCOCCOCCOCCC(=O)OC(C)(C)C. The van der Waals surface area contributed by atoms with E-state index in [1.165, 1.54) is 0 Å². The molecule has 0 aromatic carbocycles. The maximum atomic E-state index is 11.4. The Balaban J connectivity index is 3.13. The van der Waals surface area contributed by atoms with E-state index in [0.717, 1.165) is 13.0 Å². The fraction of sp³-hybridized carbons (Fsp3) is 0.944. The van der Waals surface area contributed by atoms with E-state index >= 15 is 0 Å². The van der Waals surface area contributed by atoms with Crippen LogP contribution in [0.2, 0.25) is 0 Å². The van der Waals surface area contributed by atoms with Crippen molar-refractivity contribution in [3.05, 3.63) is 0 Å². The van der Waals surface area contributed by atoms with E-state index in [-0.39, 0.29) is 12.4 Å². The molecule has 0 fully saturated rings. The van der Waals surface area contributed by atoms with Crippen LogP contribution in [0.4, 0.5) is 0 Å². The van der Waals surface area contributed by atoms with E-state index in [9.17, 15) is 4.79 Å². The molecule has 0 bridgehead atoms. The maximum Gasteiger partial charge on any atom is 0.308 e. The monoisotopic (exact) mass is 364 g/mol. The molecule has 0 spiro atoms. The summed E-state index contributed by atoms with van der Waals surface area (Å²) in [5.74, 6) is -0.249. The summed E-state index contributed by atoms with van der Waals surface area (Å²) < 4.78 is 31.9. The molecule has 0 aliphatic rings. The Morgan fingerprint density at radius 1 is 0.640 bits per heavy atom. The van der Waals surface area contributed by atoms with E-state index in [0.29, 0.717) is 59.5 Å². The van der Waals surface area contributed by atoms with Crippen LogP contribution in [0.15, 0.2) is 0 Å². The quantitative estimate of drug-likeness (QED) is 0.289. The predicted molar refractivity (Wildman–Crippen MR) is 94.8 cm³/mol. The van der Waals surface area contributed by atoms with Gasteiger partial charge in [0.25, 0.3) is 0 Å². The van der Waals surface area contributed by atoms with Crippen LogP contribution in [0, 0.1) is 0 Å². The minimum Gasteiger partial charge on any atom is -0.460 e. The van der Waals surface area contributed by atoms with Crippen LogP contribution in [0.5, 0.6) is 0 Å². The summed E-state index contributed by atoms with van der Waals surface area (Å²) >= 11 is 0. The van der Waals surface area contributed by atoms with Gasteiger partial charge in [-0.2, -0.15) is 0 Å². The van der Waals surface area contributed by atoms with Crippen LogP contribution in [0.25, 0.3) is 0 Å². The van der Waals surface area contributed by atoms with Crippen molar-refractivity contribution in [3.8, 4) is 0 Å². The first kappa shape index (κ1) is 24.3. The molecule has 0 aromatic heterocycles. The average Bonchev–Trinajstić information content (AvgIpc) is 2.53. The molecule has 7 heteroatoms. The van der Waals surface area contributed by atoms with Gasteiger partial charge in [-0.25, -0.2) is 0 Å². The molecule has 25 heavy (non-hydrogen) atoms. The molecule has 0 saturated heterocycles. The third kappa shape index (κ3) is 21.2. The highest BCUT2D eigenvalue weighted by Crippen LogP contribution is 2.07. The molecule has 0 rings (SSSR count). The van der Waals surface area contributed by atoms with Crippen molar-refractivity contribution < 1.29 is 33.2 Å². The summed E-state index contributed by atoms with van der Waals surface area (Å²) in [4.78, 5) is 11.4. The molecule has 0 heterocycles. The van der Waals surface area contributed by atoms with Crippen LogP contribution < -0.4 is 0 Å². The first-order valence-electron chi connectivity index (χ1n) is 9.06. The number of hydrogen-bond donors (Lipinski definition) is 0. The summed E-state index contributed by atoms with van der Waals surface area (Å²) in [5, 5.41) is 0. The maximum absolute atomic E-state index is 11.4. The molecule has 0 N–H and O–H groups in total. The number of hydrogen-bond acceptors (Lipinski definition) is 7. The normalized spacial score (nSPS) is 11.7. The molecule has 0 aromatic rings. The van der Waals surface area contributed by atoms with Gasteiger partial charge in [0.1, 0.15) is 5.60 Å². The van der Waals surface area contributed by atoms with Crippen LogP contribution >= 0.6 is 0 Å². The molecular weight excluding hydrogens is 328 g/mol. The van der Waals surface area contributed by atoms with Crippen molar-refractivity contribution in [2.75, 3.05) is 66.1 Å². The average molecular weight is 364 g/mol. The van der Waals surface area contributed by atoms with Crippen molar-refractivity contribution in [1.29, 1.82) is 0 Å². The molecule has 0 aliphatic heterocycles. The number of ether oxygens (including phenoxy) is 6. The van der Waals surface area contributed by atoms with Crippen molar-refractivity contribution in [2.24, 2.45) is 0 Å². The lowest BCUT2D eigenvalue weighted by Crippen LogP contribution is -2.24. The van der Waals surface area contributed by atoms with E-state index in [2.05, 4.69) is 6.92 Å². The lowest BCUT2D eigenvalue weighted by atomic mass is 10.2. The van der Waals surface area contributed by atoms with Crippen LogP contribution in [-0.2, 0) is 33.2 Å². The molecule has 0 aliphatic carbocycles. The molecule has 0 amide bonds. The van der Waals surface area contributed by atoms with Crippen molar-refractivity contribution >= 4 is 5.97 Å². The van der Waals surface area contributed by atoms with Gasteiger partial charge in [0, 0.05) is 6.61 Å². The van der Waals surface area contributed by atoms with Gasteiger partial charge in [0.05, 0.1) is 65.9 Å². The van der Waals surface area contributed by atoms with E-state index in [1.54, 1.807) is 0 Å². The second-order valence-corrected chi connectivity index (χ2v) is 6.40. The minimum atomic E-state index is -0.450. The molecule has 0 atom stereocenters. The van der Waals surface area contributed by atoms with E-state index in [1.807, 2.05) is 20.8 Å². The Morgan fingerprint density at radius 2 is 1.00 bits per heavy atom. The number of esters is 1. The van der Waals surface area contributed by atoms with Crippen LogP contribution in [-0.4, -0.2) is 77.6 Å². The van der Waals surface area contributed by atoms with Gasteiger partial charge in [-0.3, -0.25) is 4.79 Å². The molecule has 7 nitrogen and oxygen atoms in total. The summed E-state index contributed by atoms with van der Waals surface area (Å²) in [5.41, 5.74) is -0.450. The number of carbonyl (C=O) groups is 1. The highest BCUT2D eigenvalue weighted by atomic mass is 16.6. The van der Waals surface area contributed by atoms with Crippen molar-refractivity contribution in [2.45, 2.75) is 46.1 Å². The Morgan fingerprint density at radius 3 is 1.36 bits per heavy atom. The summed E-state index contributed by atoms with van der Waals surface area (Å²) in [6.45, 7) is 13.0. The van der Waals surface area contributed by atoms with Crippen LogP contribution in [0.1, 0.15) is 40.5 Å². The Hall–Kier alpha value is -0.730. The fourth-order valence-electron chi connectivity index (χ4n) is 1.67. The van der Waals surface area contributed by atoms with Crippen molar-refractivity contribution in [3.63, 3.8) is 0 Å². The molecule has 150 valence electrons. The number of rotatable bonds is 17. The first-order valence-corrected chi connectivity index (χ1v) is 9.06. The third-order valence-electron chi connectivity index (χ3n) is 2.71. The van der Waals surface area contributed by atoms with Gasteiger partial charge in [-0.05, 0) is 27.2 Å². The lowest BCUT2D eigenvalue weighted by molar-refractivity contribution is -0.156. The molecule has 0 unspecified atom stereocenters. The second-order valence-electron chi connectivity index (χ2n) is 6.40. The van der Waals surface area contributed by atoms with Gasteiger partial charge in [0.2, 0.25) is 0 Å². The summed E-state index contributed by atoms with van der Waals surface area (Å²) in [6.07, 6.45) is 1.28. The first-order chi connectivity index (χ1) is 12.0. The van der Waals surface area contributed by atoms with Gasteiger partial charge in [-0.1, -0.05) is 6.92 Å². The fourth-order valence-corrected chi connectivity index (χ4v) is 1.67.